The summed E-state index contributed by atoms with van der Waals surface area (Å²) in [7, 11) is -2.31. The Labute approximate surface area is 134 Å². The van der Waals surface area contributed by atoms with Crippen molar-refractivity contribution >= 4 is 15.9 Å². The van der Waals surface area contributed by atoms with Crippen LogP contribution in [0.25, 0.3) is 0 Å². The first-order chi connectivity index (χ1) is 10.8. The molecule has 122 valence electrons. The molecule has 0 aromatic heterocycles. The number of carbonyl (C=O) groups excluding carboxylic acids is 1. The smallest absolute Gasteiger partial charge is 0.251 e. The minimum absolute atomic E-state index is 0.0158. The number of halogens is 1. The fraction of sp³-hybridized carbons (Fsp3) is 0.188. The van der Waals surface area contributed by atoms with Gasteiger partial charge in [0.1, 0.15) is 5.82 Å². The summed E-state index contributed by atoms with van der Waals surface area (Å²) < 4.78 is 38.7. The predicted octanol–water partition coefficient (Wildman–Crippen LogP) is 2.22. The highest BCUT2D eigenvalue weighted by atomic mass is 32.2. The Bertz CT molecular complexity index is 804. The van der Waals surface area contributed by atoms with E-state index in [4.69, 9.17) is 0 Å². The molecule has 0 heterocycles. The molecular weight excluding hydrogens is 319 g/mol. The van der Waals surface area contributed by atoms with Gasteiger partial charge in [-0.15, -0.1) is 0 Å². The maximum atomic E-state index is 12.9. The maximum Gasteiger partial charge on any atom is 0.251 e. The van der Waals surface area contributed by atoms with Crippen molar-refractivity contribution in [3.63, 3.8) is 0 Å². The van der Waals surface area contributed by atoms with Crippen molar-refractivity contribution < 1.29 is 17.6 Å². The van der Waals surface area contributed by atoms with E-state index < -0.39 is 15.9 Å². The number of amides is 1. The standard InChI is InChI=1S/C16H17FN2O3S/c1-11(12-6-8-14(17)9-7-12)19-16(20)13-4-3-5-15(10-13)23(21,22)18-2/h3-11,18H,1-2H3,(H,19,20)/t11-/m0/s1. The number of nitrogens with one attached hydrogen (secondary N) is 2. The molecule has 5 nitrogen and oxygen atoms in total. The van der Waals surface area contributed by atoms with Crippen LogP contribution in [-0.2, 0) is 10.0 Å². The van der Waals surface area contributed by atoms with Crippen molar-refractivity contribution in [2.75, 3.05) is 7.05 Å². The highest BCUT2D eigenvalue weighted by Gasteiger charge is 2.16. The van der Waals surface area contributed by atoms with Gasteiger partial charge in [-0.05, 0) is 49.9 Å². The van der Waals surface area contributed by atoms with Crippen molar-refractivity contribution in [1.82, 2.24) is 10.0 Å². The van der Waals surface area contributed by atoms with Crippen molar-refractivity contribution in [3.8, 4) is 0 Å². The Morgan fingerprint density at radius 2 is 1.78 bits per heavy atom. The molecule has 7 heteroatoms. The number of carbonyl (C=O) groups is 1. The highest BCUT2D eigenvalue weighted by molar-refractivity contribution is 7.89. The molecular formula is C16H17FN2O3S. The van der Waals surface area contributed by atoms with E-state index in [-0.39, 0.29) is 22.3 Å². The second-order valence-electron chi connectivity index (χ2n) is 4.98. The molecule has 0 bridgehead atoms. The largest absolute Gasteiger partial charge is 0.346 e. The Morgan fingerprint density at radius 3 is 2.39 bits per heavy atom. The molecule has 0 spiro atoms. The second-order valence-corrected chi connectivity index (χ2v) is 6.87. The van der Waals surface area contributed by atoms with Gasteiger partial charge in [0.05, 0.1) is 10.9 Å². The minimum Gasteiger partial charge on any atom is -0.346 e. The molecule has 2 rings (SSSR count). The summed E-state index contributed by atoms with van der Waals surface area (Å²) in [4.78, 5) is 12.3. The number of benzene rings is 2. The van der Waals surface area contributed by atoms with Gasteiger partial charge in [0.2, 0.25) is 10.0 Å². The second kappa shape index (κ2) is 6.89. The van der Waals surface area contributed by atoms with Crippen LogP contribution >= 0.6 is 0 Å². The van der Waals surface area contributed by atoms with Crippen LogP contribution in [-0.4, -0.2) is 21.4 Å². The van der Waals surface area contributed by atoms with E-state index in [1.165, 1.54) is 43.4 Å². The first kappa shape index (κ1) is 17.1. The zero-order valence-electron chi connectivity index (χ0n) is 12.7. The molecule has 0 saturated carbocycles. The summed E-state index contributed by atoms with van der Waals surface area (Å²) in [5, 5.41) is 2.75. The monoisotopic (exact) mass is 336 g/mol. The van der Waals surface area contributed by atoms with Crippen molar-refractivity contribution in [3.05, 3.63) is 65.5 Å². The summed E-state index contributed by atoms with van der Waals surface area (Å²) in [5.74, 6) is -0.757. The lowest BCUT2D eigenvalue weighted by Crippen LogP contribution is -2.27. The van der Waals surface area contributed by atoms with Crippen LogP contribution in [0.4, 0.5) is 4.39 Å². The molecule has 0 aliphatic carbocycles. The number of hydrogen-bond acceptors (Lipinski definition) is 3. The minimum atomic E-state index is -3.61. The van der Waals surface area contributed by atoms with E-state index in [0.29, 0.717) is 0 Å². The van der Waals surface area contributed by atoms with Crippen LogP contribution in [0.3, 0.4) is 0 Å². The molecule has 0 aliphatic heterocycles. The van der Waals surface area contributed by atoms with Gasteiger partial charge in [0.25, 0.3) is 5.91 Å². The Balaban J connectivity index is 2.18. The van der Waals surface area contributed by atoms with E-state index in [1.807, 2.05) is 0 Å². The van der Waals surface area contributed by atoms with Gasteiger partial charge in [-0.2, -0.15) is 0 Å². The topological polar surface area (TPSA) is 75.3 Å². The van der Waals surface area contributed by atoms with Crippen molar-refractivity contribution in [1.29, 1.82) is 0 Å². The molecule has 0 saturated heterocycles. The summed E-state index contributed by atoms with van der Waals surface area (Å²) in [6.07, 6.45) is 0. The molecule has 0 fully saturated rings. The van der Waals surface area contributed by atoms with E-state index in [1.54, 1.807) is 19.1 Å². The van der Waals surface area contributed by atoms with Gasteiger partial charge in [-0.25, -0.2) is 17.5 Å². The molecule has 23 heavy (non-hydrogen) atoms. The molecule has 0 radical (unpaired) electrons. The van der Waals surface area contributed by atoms with Crippen LogP contribution < -0.4 is 10.0 Å². The average molecular weight is 336 g/mol. The van der Waals surface area contributed by atoms with Gasteiger partial charge in [-0.3, -0.25) is 4.79 Å². The molecule has 0 unspecified atom stereocenters. The van der Waals surface area contributed by atoms with Gasteiger partial charge in [0.15, 0.2) is 0 Å². The first-order valence-electron chi connectivity index (χ1n) is 6.93. The third kappa shape index (κ3) is 4.14. The third-order valence-electron chi connectivity index (χ3n) is 3.39. The van der Waals surface area contributed by atoms with E-state index in [9.17, 15) is 17.6 Å². The fourth-order valence-corrected chi connectivity index (χ4v) is 2.81. The van der Waals surface area contributed by atoms with Crippen molar-refractivity contribution in [2.45, 2.75) is 17.9 Å². The van der Waals surface area contributed by atoms with Crippen molar-refractivity contribution in [2.24, 2.45) is 0 Å². The molecule has 2 N–H and O–H groups in total. The lowest BCUT2D eigenvalue weighted by Gasteiger charge is -2.14. The van der Waals surface area contributed by atoms with Gasteiger partial charge in [0, 0.05) is 5.56 Å². The summed E-state index contributed by atoms with van der Waals surface area (Å²) >= 11 is 0. The van der Waals surface area contributed by atoms with Crippen LogP contribution in [0.1, 0.15) is 28.9 Å². The molecule has 2 aromatic carbocycles. The Kier molecular flexibility index (Phi) is 5.12. The van der Waals surface area contributed by atoms with Gasteiger partial charge >= 0.3 is 0 Å². The zero-order chi connectivity index (χ0) is 17.0. The third-order valence-corrected chi connectivity index (χ3v) is 4.80. The van der Waals surface area contributed by atoms with Crippen LogP contribution in [0, 0.1) is 5.82 Å². The molecule has 0 aliphatic rings. The van der Waals surface area contributed by atoms with Crippen LogP contribution in [0.15, 0.2) is 53.4 Å². The lowest BCUT2D eigenvalue weighted by atomic mass is 10.1. The van der Waals surface area contributed by atoms with Crippen LogP contribution in [0.5, 0.6) is 0 Å². The van der Waals surface area contributed by atoms with Crippen LogP contribution in [0.2, 0.25) is 0 Å². The maximum absolute atomic E-state index is 12.9. The SMILES string of the molecule is CNS(=O)(=O)c1cccc(C(=O)N[C@@H](C)c2ccc(F)cc2)c1. The highest BCUT2D eigenvalue weighted by Crippen LogP contribution is 2.15. The zero-order valence-corrected chi connectivity index (χ0v) is 13.5. The molecule has 1 amide bonds. The quantitative estimate of drug-likeness (QED) is 0.879. The summed E-state index contributed by atoms with van der Waals surface area (Å²) in [6.45, 7) is 1.76. The average Bonchev–Trinajstić information content (AvgIpc) is 2.55. The van der Waals surface area contributed by atoms with E-state index in [2.05, 4.69) is 10.0 Å². The van der Waals surface area contributed by atoms with E-state index >= 15 is 0 Å². The Hall–Kier alpha value is -2.25. The summed E-state index contributed by atoms with van der Waals surface area (Å²) in [6, 6.07) is 11.2. The fourth-order valence-electron chi connectivity index (χ4n) is 2.04. The Morgan fingerprint density at radius 1 is 1.13 bits per heavy atom. The predicted molar refractivity (Wildman–Crippen MR) is 85.0 cm³/mol. The number of sulfonamides is 1. The van der Waals surface area contributed by atoms with Gasteiger partial charge < -0.3 is 5.32 Å². The summed E-state index contributed by atoms with van der Waals surface area (Å²) in [5.41, 5.74) is 0.981. The molecule has 1 atom stereocenters. The van der Waals surface area contributed by atoms with E-state index in [0.717, 1.165) is 5.56 Å². The van der Waals surface area contributed by atoms with Gasteiger partial charge in [-0.1, -0.05) is 18.2 Å². The number of rotatable bonds is 5. The first-order valence-corrected chi connectivity index (χ1v) is 8.42. The lowest BCUT2D eigenvalue weighted by molar-refractivity contribution is 0.0939. The molecule has 2 aromatic rings. The number of hydrogen-bond donors (Lipinski definition) is 2. The normalized spacial score (nSPS) is 12.7.